The van der Waals surface area contributed by atoms with Crippen LogP contribution in [-0.2, 0) is 14.8 Å². The molecule has 3 N–H and O–H groups in total. The van der Waals surface area contributed by atoms with Gasteiger partial charge < -0.3 is 5.73 Å². The lowest BCUT2D eigenvalue weighted by Gasteiger charge is -2.06. The van der Waals surface area contributed by atoms with Crippen molar-refractivity contribution in [3.8, 4) is 0 Å². The van der Waals surface area contributed by atoms with Crippen LogP contribution in [0.25, 0.3) is 0 Å². The molecule has 5 nitrogen and oxygen atoms in total. The van der Waals surface area contributed by atoms with Crippen LogP contribution in [0.4, 0.5) is 0 Å². The van der Waals surface area contributed by atoms with E-state index in [0.717, 1.165) is 0 Å². The van der Waals surface area contributed by atoms with Gasteiger partial charge in [0.15, 0.2) is 0 Å². The first-order valence-corrected chi connectivity index (χ1v) is 5.28. The van der Waals surface area contributed by atoms with E-state index in [-0.39, 0.29) is 18.2 Å². The van der Waals surface area contributed by atoms with E-state index in [0.29, 0.717) is 0 Å². The largest absolute Gasteiger partial charge is 0.329 e. The highest BCUT2D eigenvalue weighted by molar-refractivity contribution is 7.90. The summed E-state index contributed by atoms with van der Waals surface area (Å²) in [4.78, 5) is 10.9. The van der Waals surface area contributed by atoms with Gasteiger partial charge in [-0.15, -0.1) is 0 Å². The van der Waals surface area contributed by atoms with Crippen LogP contribution in [0.1, 0.15) is 13.8 Å². The monoisotopic (exact) mass is 194 g/mol. The summed E-state index contributed by atoms with van der Waals surface area (Å²) < 4.78 is 23.8. The van der Waals surface area contributed by atoms with Gasteiger partial charge in [-0.3, -0.25) is 9.52 Å². The zero-order valence-corrected chi connectivity index (χ0v) is 8.02. The molecule has 0 aliphatic carbocycles. The first kappa shape index (κ1) is 11.4. The minimum atomic E-state index is -3.50. The summed E-state index contributed by atoms with van der Waals surface area (Å²) >= 11 is 0. The summed E-state index contributed by atoms with van der Waals surface area (Å²) in [5.41, 5.74) is 5.04. The fourth-order valence-corrected chi connectivity index (χ4v) is 1.43. The molecule has 0 aliphatic heterocycles. The number of sulfonamides is 1. The third-order valence-electron chi connectivity index (χ3n) is 1.17. The van der Waals surface area contributed by atoms with Crippen molar-refractivity contribution in [2.75, 3.05) is 12.3 Å². The maximum atomic E-state index is 10.9. The van der Waals surface area contributed by atoms with E-state index in [1.807, 2.05) is 4.72 Å². The van der Waals surface area contributed by atoms with Gasteiger partial charge in [-0.25, -0.2) is 8.42 Å². The fourth-order valence-electron chi connectivity index (χ4n) is 0.477. The Morgan fingerprint density at radius 2 is 2.00 bits per heavy atom. The summed E-state index contributed by atoms with van der Waals surface area (Å²) in [5, 5.41) is 0. The van der Waals surface area contributed by atoms with Crippen molar-refractivity contribution < 1.29 is 13.2 Å². The van der Waals surface area contributed by atoms with E-state index in [4.69, 9.17) is 5.73 Å². The minimum Gasteiger partial charge on any atom is -0.329 e. The zero-order chi connectivity index (χ0) is 9.78. The predicted molar refractivity (Wildman–Crippen MR) is 45.8 cm³/mol. The van der Waals surface area contributed by atoms with Gasteiger partial charge >= 0.3 is 0 Å². The molecule has 0 aromatic heterocycles. The van der Waals surface area contributed by atoms with Crippen molar-refractivity contribution in [1.29, 1.82) is 0 Å². The number of hydrogen-bond donors (Lipinski definition) is 2. The summed E-state index contributed by atoms with van der Waals surface area (Å²) in [6, 6.07) is 0. The van der Waals surface area contributed by atoms with Crippen molar-refractivity contribution in [2.45, 2.75) is 13.8 Å². The Morgan fingerprint density at radius 3 is 2.33 bits per heavy atom. The van der Waals surface area contributed by atoms with Crippen molar-refractivity contribution in [1.82, 2.24) is 4.72 Å². The summed E-state index contributed by atoms with van der Waals surface area (Å²) in [6.45, 7) is 3.25. The maximum Gasteiger partial charge on any atom is 0.236 e. The Balaban J connectivity index is 4.17. The Kier molecular flexibility index (Phi) is 4.19. The van der Waals surface area contributed by atoms with Gasteiger partial charge in [0.25, 0.3) is 0 Å². The average Bonchev–Trinajstić information content (AvgIpc) is 1.85. The van der Waals surface area contributed by atoms with Crippen LogP contribution in [-0.4, -0.2) is 26.6 Å². The number of rotatable bonds is 4. The number of hydrogen-bond acceptors (Lipinski definition) is 4. The lowest BCUT2D eigenvalue weighted by atomic mass is 10.2. The Hall–Kier alpha value is -0.620. The highest BCUT2D eigenvalue weighted by Crippen LogP contribution is 1.93. The van der Waals surface area contributed by atoms with Crippen LogP contribution < -0.4 is 10.5 Å². The second kappa shape index (κ2) is 4.42. The molecule has 0 aliphatic rings. The SMILES string of the molecule is CC(C)C(=O)NS(=O)(=O)CCN. The molecule has 0 rings (SSSR count). The second-order valence-corrected chi connectivity index (χ2v) is 4.57. The lowest BCUT2D eigenvalue weighted by Crippen LogP contribution is -2.37. The quantitative estimate of drug-likeness (QED) is 0.603. The van der Waals surface area contributed by atoms with Crippen LogP contribution in [0.2, 0.25) is 0 Å². The van der Waals surface area contributed by atoms with Crippen LogP contribution in [0, 0.1) is 5.92 Å². The average molecular weight is 194 g/mol. The van der Waals surface area contributed by atoms with Gasteiger partial charge in [0, 0.05) is 12.5 Å². The predicted octanol–water partition coefficient (Wildman–Crippen LogP) is -0.953. The third-order valence-corrected chi connectivity index (χ3v) is 2.45. The number of nitrogens with one attached hydrogen (secondary N) is 1. The van der Waals surface area contributed by atoms with E-state index >= 15 is 0 Å². The summed E-state index contributed by atoms with van der Waals surface area (Å²) in [7, 11) is -3.50. The molecule has 0 unspecified atom stereocenters. The number of nitrogens with two attached hydrogens (primary N) is 1. The van der Waals surface area contributed by atoms with E-state index in [9.17, 15) is 13.2 Å². The van der Waals surface area contributed by atoms with Gasteiger partial charge in [0.1, 0.15) is 0 Å². The summed E-state index contributed by atoms with van der Waals surface area (Å²) in [6.07, 6.45) is 0. The molecule has 0 saturated heterocycles. The van der Waals surface area contributed by atoms with E-state index in [2.05, 4.69) is 0 Å². The molecule has 0 bridgehead atoms. The molecule has 72 valence electrons. The van der Waals surface area contributed by atoms with Crippen molar-refractivity contribution in [3.05, 3.63) is 0 Å². The van der Waals surface area contributed by atoms with E-state index in [1.54, 1.807) is 13.8 Å². The number of carbonyl (C=O) groups excluding carboxylic acids is 1. The fraction of sp³-hybridized carbons (Fsp3) is 0.833. The second-order valence-electron chi connectivity index (χ2n) is 2.73. The molecule has 12 heavy (non-hydrogen) atoms. The molecule has 0 atom stereocenters. The smallest absolute Gasteiger partial charge is 0.236 e. The van der Waals surface area contributed by atoms with Crippen molar-refractivity contribution in [2.24, 2.45) is 11.7 Å². The molecule has 0 aromatic carbocycles. The maximum absolute atomic E-state index is 10.9. The molecule has 6 heteroatoms. The van der Waals surface area contributed by atoms with E-state index in [1.165, 1.54) is 0 Å². The molecular weight excluding hydrogens is 180 g/mol. The van der Waals surface area contributed by atoms with Gasteiger partial charge in [-0.05, 0) is 0 Å². The molecule has 0 aromatic rings. The topological polar surface area (TPSA) is 89.3 Å². The third kappa shape index (κ3) is 4.30. The van der Waals surface area contributed by atoms with Crippen LogP contribution >= 0.6 is 0 Å². The molecule has 1 amide bonds. The standard InChI is InChI=1S/C6H14N2O3S/c1-5(2)6(9)8-12(10,11)4-3-7/h5H,3-4,7H2,1-2H3,(H,8,9). The van der Waals surface area contributed by atoms with Crippen LogP contribution in [0.3, 0.4) is 0 Å². The first-order chi connectivity index (χ1) is 5.39. The van der Waals surface area contributed by atoms with Crippen molar-refractivity contribution in [3.63, 3.8) is 0 Å². The molecule has 0 saturated carbocycles. The number of amides is 1. The minimum absolute atomic E-state index is 0.0146. The Bertz CT molecular complexity index is 246. The van der Waals surface area contributed by atoms with Gasteiger partial charge in [-0.2, -0.15) is 0 Å². The molecule has 0 radical (unpaired) electrons. The van der Waals surface area contributed by atoms with Gasteiger partial charge in [-0.1, -0.05) is 13.8 Å². The Morgan fingerprint density at radius 1 is 1.50 bits per heavy atom. The van der Waals surface area contributed by atoms with Gasteiger partial charge in [0.2, 0.25) is 15.9 Å². The first-order valence-electron chi connectivity index (χ1n) is 3.63. The van der Waals surface area contributed by atoms with Gasteiger partial charge in [0.05, 0.1) is 5.75 Å². The highest BCUT2D eigenvalue weighted by atomic mass is 32.2. The highest BCUT2D eigenvalue weighted by Gasteiger charge is 2.15. The van der Waals surface area contributed by atoms with Crippen molar-refractivity contribution >= 4 is 15.9 Å². The Labute approximate surface area is 72.4 Å². The molecule has 0 heterocycles. The normalized spacial score (nSPS) is 11.7. The zero-order valence-electron chi connectivity index (χ0n) is 7.20. The van der Waals surface area contributed by atoms with Crippen LogP contribution in [0.5, 0.6) is 0 Å². The lowest BCUT2D eigenvalue weighted by molar-refractivity contribution is -0.122. The number of carbonyl (C=O) groups is 1. The molecule has 0 spiro atoms. The summed E-state index contributed by atoms with van der Waals surface area (Å²) in [5.74, 6) is -1.05. The molecular formula is C6H14N2O3S. The van der Waals surface area contributed by atoms with E-state index < -0.39 is 15.9 Å². The van der Waals surface area contributed by atoms with Crippen LogP contribution in [0.15, 0.2) is 0 Å². The molecule has 0 fully saturated rings.